The third kappa shape index (κ3) is 3.89. The van der Waals surface area contributed by atoms with E-state index in [0.29, 0.717) is 19.0 Å². The number of hydrogen-bond acceptors (Lipinski definition) is 4. The Hall–Kier alpha value is -1.07. The lowest BCUT2D eigenvalue weighted by molar-refractivity contribution is 0.0870. The summed E-state index contributed by atoms with van der Waals surface area (Å²) in [7, 11) is 0. The second-order valence-electron chi connectivity index (χ2n) is 3.24. The lowest BCUT2D eigenvalue weighted by atomic mass is 10.5. The van der Waals surface area contributed by atoms with E-state index in [9.17, 15) is 4.79 Å². The van der Waals surface area contributed by atoms with Crippen molar-refractivity contribution in [3.05, 3.63) is 21.7 Å². The number of aromatic amines is 1. The molecule has 2 N–H and O–H groups in total. The van der Waals surface area contributed by atoms with Gasteiger partial charge in [0, 0.05) is 6.54 Å². The third-order valence-corrected chi connectivity index (χ3v) is 1.99. The van der Waals surface area contributed by atoms with E-state index in [0.717, 1.165) is 0 Å². The van der Waals surface area contributed by atoms with Gasteiger partial charge in [0.05, 0.1) is 19.0 Å². The summed E-state index contributed by atoms with van der Waals surface area (Å²) in [5.74, 6) is 0.382. The van der Waals surface area contributed by atoms with E-state index < -0.39 is 0 Å². The number of hydrogen-bond donors (Lipinski definition) is 2. The molecule has 1 aromatic heterocycles. The number of nitrogens with zero attached hydrogens (tertiary/aromatic N) is 1. The highest BCUT2D eigenvalue weighted by atomic mass is 35.5. The molecule has 1 heterocycles. The SMILES string of the molecule is CC(C)OCCNc1nc[nH]c(=O)c1Cl. The maximum atomic E-state index is 11.1. The van der Waals surface area contributed by atoms with Gasteiger partial charge in [0.15, 0.2) is 5.82 Å². The van der Waals surface area contributed by atoms with Crippen LogP contribution in [0, 0.1) is 0 Å². The van der Waals surface area contributed by atoms with E-state index in [4.69, 9.17) is 16.3 Å². The summed E-state index contributed by atoms with van der Waals surface area (Å²) in [6.45, 7) is 5.02. The van der Waals surface area contributed by atoms with Crippen LogP contribution in [0.5, 0.6) is 0 Å². The zero-order valence-corrected chi connectivity index (χ0v) is 9.47. The summed E-state index contributed by atoms with van der Waals surface area (Å²) < 4.78 is 5.31. The Bertz CT molecular complexity index is 365. The molecule has 0 spiro atoms. The topological polar surface area (TPSA) is 67.0 Å². The monoisotopic (exact) mass is 231 g/mol. The van der Waals surface area contributed by atoms with Crippen LogP contribution in [0.1, 0.15) is 13.8 Å². The molecular weight excluding hydrogens is 218 g/mol. The first-order valence-electron chi connectivity index (χ1n) is 4.70. The zero-order chi connectivity index (χ0) is 11.3. The summed E-state index contributed by atoms with van der Waals surface area (Å²) in [5, 5.41) is 2.99. The maximum absolute atomic E-state index is 11.1. The fourth-order valence-corrected chi connectivity index (χ4v) is 1.14. The fourth-order valence-electron chi connectivity index (χ4n) is 0.970. The Balaban J connectivity index is 2.44. The quantitative estimate of drug-likeness (QED) is 0.749. The van der Waals surface area contributed by atoms with E-state index in [-0.39, 0.29) is 16.7 Å². The van der Waals surface area contributed by atoms with E-state index in [1.807, 2.05) is 13.8 Å². The van der Waals surface area contributed by atoms with Crippen molar-refractivity contribution >= 4 is 17.4 Å². The lowest BCUT2D eigenvalue weighted by Gasteiger charge is -2.09. The first kappa shape index (κ1) is 12.0. The van der Waals surface area contributed by atoms with Gasteiger partial charge in [0.2, 0.25) is 0 Å². The Labute approximate surface area is 92.8 Å². The lowest BCUT2D eigenvalue weighted by Crippen LogP contribution is -2.16. The van der Waals surface area contributed by atoms with Crippen molar-refractivity contribution in [2.24, 2.45) is 0 Å². The third-order valence-electron chi connectivity index (χ3n) is 1.64. The standard InChI is InChI=1S/C9H14ClN3O2/c1-6(2)15-4-3-11-8-7(10)9(14)13-5-12-8/h5-6H,3-4H2,1-2H3,(H2,11,12,13,14). The predicted octanol–water partition coefficient (Wildman–Crippen LogP) is 1.26. The number of rotatable bonds is 5. The molecule has 1 rings (SSSR count). The van der Waals surface area contributed by atoms with Gasteiger partial charge < -0.3 is 15.0 Å². The van der Waals surface area contributed by atoms with Crippen LogP contribution in [0.2, 0.25) is 5.02 Å². The molecule has 0 aliphatic carbocycles. The van der Waals surface area contributed by atoms with Gasteiger partial charge in [-0.25, -0.2) is 4.98 Å². The number of anilines is 1. The van der Waals surface area contributed by atoms with Gasteiger partial charge in [0.1, 0.15) is 5.02 Å². The van der Waals surface area contributed by atoms with E-state index in [1.165, 1.54) is 6.33 Å². The smallest absolute Gasteiger partial charge is 0.271 e. The van der Waals surface area contributed by atoms with Crippen LogP contribution in [0.4, 0.5) is 5.82 Å². The molecule has 0 saturated heterocycles. The molecular formula is C9H14ClN3O2. The Morgan fingerprint density at radius 3 is 3.07 bits per heavy atom. The normalized spacial score (nSPS) is 10.7. The molecule has 0 bridgehead atoms. The number of nitrogens with one attached hydrogen (secondary N) is 2. The minimum atomic E-state index is -0.348. The van der Waals surface area contributed by atoms with Crippen LogP contribution in [0.3, 0.4) is 0 Å². The molecule has 0 atom stereocenters. The van der Waals surface area contributed by atoms with Crippen molar-refractivity contribution in [1.29, 1.82) is 0 Å². The zero-order valence-electron chi connectivity index (χ0n) is 8.71. The highest BCUT2D eigenvalue weighted by molar-refractivity contribution is 6.32. The van der Waals surface area contributed by atoms with E-state index in [1.54, 1.807) is 0 Å². The van der Waals surface area contributed by atoms with Crippen LogP contribution < -0.4 is 10.9 Å². The van der Waals surface area contributed by atoms with E-state index >= 15 is 0 Å². The molecule has 0 saturated carbocycles. The molecule has 0 unspecified atom stereocenters. The van der Waals surface area contributed by atoms with Crippen molar-refractivity contribution in [1.82, 2.24) is 9.97 Å². The molecule has 5 nitrogen and oxygen atoms in total. The highest BCUT2D eigenvalue weighted by Crippen LogP contribution is 2.11. The second kappa shape index (κ2) is 5.72. The summed E-state index contributed by atoms with van der Waals surface area (Å²) in [4.78, 5) is 17.4. The number of H-pyrrole nitrogens is 1. The van der Waals surface area contributed by atoms with Crippen molar-refractivity contribution in [3.8, 4) is 0 Å². The average molecular weight is 232 g/mol. The number of halogens is 1. The molecule has 0 aromatic carbocycles. The molecule has 0 aliphatic rings. The Morgan fingerprint density at radius 1 is 1.67 bits per heavy atom. The molecule has 0 amide bonds. The molecule has 6 heteroatoms. The molecule has 0 radical (unpaired) electrons. The molecule has 84 valence electrons. The van der Waals surface area contributed by atoms with Gasteiger partial charge in [-0.2, -0.15) is 0 Å². The van der Waals surface area contributed by atoms with Crippen LogP contribution in [0.15, 0.2) is 11.1 Å². The van der Waals surface area contributed by atoms with Gasteiger partial charge >= 0.3 is 0 Å². The van der Waals surface area contributed by atoms with Gasteiger partial charge in [-0.1, -0.05) is 11.6 Å². The van der Waals surface area contributed by atoms with Gasteiger partial charge in [-0.15, -0.1) is 0 Å². The minimum Gasteiger partial charge on any atom is -0.377 e. The molecule has 0 aliphatic heterocycles. The van der Waals surface area contributed by atoms with Crippen LogP contribution in [-0.2, 0) is 4.74 Å². The highest BCUT2D eigenvalue weighted by Gasteiger charge is 2.04. The predicted molar refractivity (Wildman–Crippen MR) is 59.4 cm³/mol. The summed E-state index contributed by atoms with van der Waals surface area (Å²) >= 11 is 5.73. The van der Waals surface area contributed by atoms with Crippen molar-refractivity contribution in [3.63, 3.8) is 0 Å². The average Bonchev–Trinajstić information content (AvgIpc) is 2.18. The fraction of sp³-hybridized carbons (Fsp3) is 0.556. The Kier molecular flexibility index (Phi) is 4.58. The van der Waals surface area contributed by atoms with Crippen molar-refractivity contribution in [2.45, 2.75) is 20.0 Å². The van der Waals surface area contributed by atoms with E-state index in [2.05, 4.69) is 15.3 Å². The molecule has 1 aromatic rings. The van der Waals surface area contributed by atoms with Crippen LogP contribution >= 0.6 is 11.6 Å². The Morgan fingerprint density at radius 2 is 2.40 bits per heavy atom. The summed E-state index contributed by atoms with van der Waals surface area (Å²) in [6.07, 6.45) is 1.49. The summed E-state index contributed by atoms with van der Waals surface area (Å²) in [6, 6.07) is 0. The summed E-state index contributed by atoms with van der Waals surface area (Å²) in [5.41, 5.74) is -0.348. The number of aromatic nitrogens is 2. The first-order valence-corrected chi connectivity index (χ1v) is 5.07. The molecule has 15 heavy (non-hydrogen) atoms. The van der Waals surface area contributed by atoms with Gasteiger partial charge in [0.25, 0.3) is 5.56 Å². The van der Waals surface area contributed by atoms with Crippen LogP contribution in [-0.4, -0.2) is 29.2 Å². The molecule has 0 fully saturated rings. The minimum absolute atomic E-state index is 0.0713. The van der Waals surface area contributed by atoms with Crippen molar-refractivity contribution in [2.75, 3.05) is 18.5 Å². The van der Waals surface area contributed by atoms with Crippen molar-refractivity contribution < 1.29 is 4.74 Å². The van der Waals surface area contributed by atoms with Gasteiger partial charge in [-0.3, -0.25) is 4.79 Å². The largest absolute Gasteiger partial charge is 0.377 e. The maximum Gasteiger partial charge on any atom is 0.271 e. The first-order chi connectivity index (χ1) is 7.11. The second-order valence-corrected chi connectivity index (χ2v) is 3.62. The van der Waals surface area contributed by atoms with Crippen LogP contribution in [0.25, 0.3) is 0 Å². The van der Waals surface area contributed by atoms with Gasteiger partial charge in [-0.05, 0) is 13.8 Å². The number of ether oxygens (including phenoxy) is 1.